The van der Waals surface area contributed by atoms with Gasteiger partial charge in [0.1, 0.15) is 0 Å². The number of aliphatic hydroxyl groups is 1. The number of aliphatic hydroxyl groups excluding tert-OH is 1. The Morgan fingerprint density at radius 2 is 2.10 bits per heavy atom. The van der Waals surface area contributed by atoms with Gasteiger partial charge < -0.3 is 10.0 Å². The first-order valence-corrected chi connectivity index (χ1v) is 9.19. The monoisotopic (exact) mass is 293 g/mol. The second-order valence-corrected chi connectivity index (χ2v) is 7.53. The molecule has 4 atom stereocenters. The van der Waals surface area contributed by atoms with Crippen LogP contribution in [0.4, 0.5) is 0 Å². The first-order chi connectivity index (χ1) is 10.2. The maximum Gasteiger partial charge on any atom is 0.223 e. The highest BCUT2D eigenvalue weighted by Crippen LogP contribution is 2.52. The SMILES string of the molecule is CCCCCC[C@@H]1C[C@H](O)[C@H]2CCCC[C@]23CCC(=O)N13. The van der Waals surface area contributed by atoms with E-state index in [9.17, 15) is 9.90 Å². The third-order valence-corrected chi connectivity index (χ3v) is 6.32. The fraction of sp³-hybridized carbons (Fsp3) is 0.944. The summed E-state index contributed by atoms with van der Waals surface area (Å²) in [5.41, 5.74) is 0.0302. The molecule has 1 amide bonds. The van der Waals surface area contributed by atoms with Gasteiger partial charge in [-0.3, -0.25) is 4.79 Å². The maximum atomic E-state index is 12.5. The van der Waals surface area contributed by atoms with Gasteiger partial charge in [0.2, 0.25) is 5.91 Å². The third-order valence-electron chi connectivity index (χ3n) is 6.32. The van der Waals surface area contributed by atoms with E-state index in [0.717, 1.165) is 32.1 Å². The number of amides is 1. The Bertz CT molecular complexity index is 383. The topological polar surface area (TPSA) is 40.5 Å². The Hall–Kier alpha value is -0.570. The minimum atomic E-state index is -0.177. The quantitative estimate of drug-likeness (QED) is 0.786. The maximum absolute atomic E-state index is 12.5. The van der Waals surface area contributed by atoms with Gasteiger partial charge in [0.15, 0.2) is 0 Å². The van der Waals surface area contributed by atoms with Crippen molar-refractivity contribution in [3.63, 3.8) is 0 Å². The molecule has 3 heteroatoms. The molecule has 120 valence electrons. The van der Waals surface area contributed by atoms with E-state index in [1.165, 1.54) is 38.5 Å². The molecule has 0 bridgehead atoms. The summed E-state index contributed by atoms with van der Waals surface area (Å²) >= 11 is 0. The lowest BCUT2D eigenvalue weighted by atomic mass is 9.64. The minimum Gasteiger partial charge on any atom is -0.393 e. The van der Waals surface area contributed by atoms with Crippen molar-refractivity contribution < 1.29 is 9.90 Å². The van der Waals surface area contributed by atoms with Gasteiger partial charge in [0, 0.05) is 23.9 Å². The van der Waals surface area contributed by atoms with Crippen molar-refractivity contribution in [1.82, 2.24) is 4.90 Å². The van der Waals surface area contributed by atoms with Crippen LogP contribution < -0.4 is 0 Å². The van der Waals surface area contributed by atoms with Gasteiger partial charge >= 0.3 is 0 Å². The summed E-state index contributed by atoms with van der Waals surface area (Å²) < 4.78 is 0. The summed E-state index contributed by atoms with van der Waals surface area (Å²) in [6, 6.07) is 0.307. The summed E-state index contributed by atoms with van der Waals surface area (Å²) in [6.45, 7) is 2.23. The second-order valence-electron chi connectivity index (χ2n) is 7.53. The molecule has 3 aliphatic rings. The van der Waals surface area contributed by atoms with Crippen LogP contribution in [0.25, 0.3) is 0 Å². The highest BCUT2D eigenvalue weighted by atomic mass is 16.3. The lowest BCUT2D eigenvalue weighted by Crippen LogP contribution is -2.64. The molecule has 1 aliphatic carbocycles. The first-order valence-electron chi connectivity index (χ1n) is 9.19. The van der Waals surface area contributed by atoms with Crippen LogP contribution in [0, 0.1) is 5.92 Å². The summed E-state index contributed by atoms with van der Waals surface area (Å²) in [7, 11) is 0. The molecule has 0 aromatic carbocycles. The van der Waals surface area contributed by atoms with Crippen molar-refractivity contribution in [3.8, 4) is 0 Å². The molecule has 1 N–H and O–H groups in total. The van der Waals surface area contributed by atoms with Crippen LogP contribution in [0.2, 0.25) is 0 Å². The molecule has 2 saturated heterocycles. The Kier molecular flexibility index (Phi) is 4.58. The Morgan fingerprint density at radius 3 is 2.90 bits per heavy atom. The van der Waals surface area contributed by atoms with Gasteiger partial charge in [0.05, 0.1) is 6.10 Å². The molecule has 2 aliphatic heterocycles. The average Bonchev–Trinajstić information content (AvgIpc) is 2.81. The van der Waals surface area contributed by atoms with Crippen molar-refractivity contribution in [2.45, 2.75) is 102 Å². The third kappa shape index (κ3) is 2.62. The van der Waals surface area contributed by atoms with Gasteiger partial charge in [-0.25, -0.2) is 0 Å². The lowest BCUT2D eigenvalue weighted by Gasteiger charge is -2.56. The molecule has 1 saturated carbocycles. The summed E-state index contributed by atoms with van der Waals surface area (Å²) in [5, 5.41) is 10.7. The van der Waals surface area contributed by atoms with Crippen molar-refractivity contribution in [3.05, 3.63) is 0 Å². The van der Waals surface area contributed by atoms with Crippen molar-refractivity contribution in [1.29, 1.82) is 0 Å². The second kappa shape index (κ2) is 6.28. The molecule has 3 fully saturated rings. The smallest absolute Gasteiger partial charge is 0.223 e. The van der Waals surface area contributed by atoms with Gasteiger partial charge in [-0.1, -0.05) is 45.4 Å². The predicted octanol–water partition coefficient (Wildman–Crippen LogP) is 3.64. The van der Waals surface area contributed by atoms with E-state index in [-0.39, 0.29) is 11.6 Å². The highest BCUT2D eigenvalue weighted by Gasteiger charge is 2.58. The fourth-order valence-corrected chi connectivity index (χ4v) is 5.39. The minimum absolute atomic E-state index is 0.0302. The molecule has 21 heavy (non-hydrogen) atoms. The van der Waals surface area contributed by atoms with Gasteiger partial charge in [0.25, 0.3) is 0 Å². The zero-order chi connectivity index (χ0) is 14.9. The Labute approximate surface area is 129 Å². The van der Waals surface area contributed by atoms with Crippen molar-refractivity contribution in [2.24, 2.45) is 5.92 Å². The van der Waals surface area contributed by atoms with Crippen LogP contribution >= 0.6 is 0 Å². The van der Waals surface area contributed by atoms with Crippen LogP contribution in [-0.4, -0.2) is 33.6 Å². The van der Waals surface area contributed by atoms with Crippen LogP contribution in [0.3, 0.4) is 0 Å². The summed E-state index contributed by atoms with van der Waals surface area (Å²) in [4.78, 5) is 14.8. The van der Waals surface area contributed by atoms with Crippen molar-refractivity contribution >= 4 is 5.91 Å². The first kappa shape index (κ1) is 15.3. The van der Waals surface area contributed by atoms with Gasteiger partial charge in [-0.05, 0) is 32.1 Å². The normalized spacial score (nSPS) is 39.2. The molecular weight excluding hydrogens is 262 g/mol. The number of hydrogen-bond acceptors (Lipinski definition) is 2. The van der Waals surface area contributed by atoms with Crippen molar-refractivity contribution in [2.75, 3.05) is 0 Å². The molecule has 0 radical (unpaired) electrons. The standard InChI is InChI=1S/C18H31NO2/c1-2-3-4-5-8-14-13-16(20)15-9-6-7-11-18(15)12-10-17(21)19(14)18/h14-16,20H,2-13H2,1H3/t14-,15-,16+,18+/m1/s1. The van der Waals surface area contributed by atoms with Gasteiger partial charge in [-0.2, -0.15) is 0 Å². The average molecular weight is 293 g/mol. The summed E-state index contributed by atoms with van der Waals surface area (Å²) in [5.74, 6) is 0.721. The fourth-order valence-electron chi connectivity index (χ4n) is 5.39. The molecule has 2 heterocycles. The lowest BCUT2D eigenvalue weighted by molar-refractivity contribution is -0.152. The van der Waals surface area contributed by atoms with Crippen LogP contribution in [0.1, 0.15) is 84.0 Å². The van der Waals surface area contributed by atoms with E-state index in [1.54, 1.807) is 0 Å². The Morgan fingerprint density at radius 1 is 1.24 bits per heavy atom. The predicted molar refractivity (Wildman–Crippen MR) is 83.9 cm³/mol. The van der Waals surface area contributed by atoms with Gasteiger partial charge in [-0.15, -0.1) is 0 Å². The van der Waals surface area contributed by atoms with E-state index >= 15 is 0 Å². The zero-order valence-corrected chi connectivity index (χ0v) is 13.5. The van der Waals surface area contributed by atoms with E-state index in [1.807, 2.05) is 0 Å². The zero-order valence-electron chi connectivity index (χ0n) is 13.5. The number of hydrogen-bond donors (Lipinski definition) is 1. The Balaban J connectivity index is 1.74. The van der Waals surface area contributed by atoms with E-state index in [4.69, 9.17) is 0 Å². The molecule has 1 spiro atoms. The van der Waals surface area contributed by atoms with E-state index in [2.05, 4.69) is 11.8 Å². The largest absolute Gasteiger partial charge is 0.393 e. The van der Waals surface area contributed by atoms with E-state index in [0.29, 0.717) is 24.3 Å². The number of carbonyl (C=O) groups excluding carboxylic acids is 1. The molecule has 0 unspecified atom stereocenters. The molecule has 0 aromatic rings. The van der Waals surface area contributed by atoms with E-state index < -0.39 is 0 Å². The molecule has 3 nitrogen and oxygen atoms in total. The van der Waals surface area contributed by atoms with Crippen LogP contribution in [0.15, 0.2) is 0 Å². The molecular formula is C18H31NO2. The number of piperidine rings is 1. The highest BCUT2D eigenvalue weighted by molar-refractivity contribution is 5.80. The molecule has 0 aromatic heterocycles. The molecule has 3 rings (SSSR count). The van der Waals surface area contributed by atoms with Crippen LogP contribution in [0.5, 0.6) is 0 Å². The van der Waals surface area contributed by atoms with Crippen LogP contribution in [-0.2, 0) is 4.79 Å². The number of nitrogens with zero attached hydrogens (tertiary/aromatic N) is 1. The summed E-state index contributed by atoms with van der Waals surface area (Å²) in [6.07, 6.45) is 13.2. The number of unbranched alkanes of at least 4 members (excludes halogenated alkanes) is 3. The number of rotatable bonds is 5. The number of carbonyl (C=O) groups is 1.